The number of halogens is 2. The highest BCUT2D eigenvalue weighted by atomic mass is 35.5. The molecule has 3 amide bonds. The van der Waals surface area contributed by atoms with Crippen LogP contribution in [0.15, 0.2) is 55.0 Å². The summed E-state index contributed by atoms with van der Waals surface area (Å²) in [6, 6.07) is 9.64. The summed E-state index contributed by atoms with van der Waals surface area (Å²) in [6.07, 6.45) is 4.26. The van der Waals surface area contributed by atoms with Crippen LogP contribution >= 0.6 is 11.6 Å². The molecule has 2 aromatic heterocycles. The first-order valence-electron chi connectivity index (χ1n) is 12.9. The van der Waals surface area contributed by atoms with E-state index in [1.807, 2.05) is 0 Å². The SMILES string of the molecule is CNC(=O)OCC(=O)N1CCN(C(=O)c2ccc(Nc3nccn4c(-c5ccc(OC)c(F)c5)cnc34)cc2Cl)CC1. The van der Waals surface area contributed by atoms with E-state index in [1.165, 1.54) is 20.2 Å². The Morgan fingerprint density at radius 3 is 2.50 bits per heavy atom. The fraction of sp³-hybridized carbons (Fsp3) is 0.250. The lowest BCUT2D eigenvalue weighted by Gasteiger charge is -2.34. The number of anilines is 2. The van der Waals surface area contributed by atoms with Gasteiger partial charge >= 0.3 is 6.09 Å². The molecule has 0 spiro atoms. The number of alkyl carbamates (subject to hydrolysis) is 1. The number of imidazole rings is 1. The number of benzene rings is 2. The van der Waals surface area contributed by atoms with Crippen molar-refractivity contribution in [3.63, 3.8) is 0 Å². The van der Waals surface area contributed by atoms with Gasteiger partial charge in [0.1, 0.15) is 0 Å². The van der Waals surface area contributed by atoms with Crippen LogP contribution in [0.5, 0.6) is 5.75 Å². The standard InChI is InChI=1S/C28H27ClFN7O5/c1-31-28(40)42-16-24(38)35-9-11-36(12-10-35)27(39)19-5-4-18(14-20(19)29)34-25-26-33-15-22(37(26)8-7-32-25)17-3-6-23(41-2)21(30)13-17/h3-8,13-15H,9-12,16H2,1-2H3,(H,31,40)(H,32,34). The average molecular weight is 596 g/mol. The quantitative estimate of drug-likeness (QED) is 0.332. The predicted molar refractivity (Wildman–Crippen MR) is 153 cm³/mol. The number of amides is 3. The molecule has 5 rings (SSSR count). The zero-order valence-electron chi connectivity index (χ0n) is 22.8. The molecule has 14 heteroatoms. The van der Waals surface area contributed by atoms with E-state index in [1.54, 1.807) is 63.1 Å². The lowest BCUT2D eigenvalue weighted by molar-refractivity contribution is -0.135. The first-order chi connectivity index (χ1) is 20.3. The van der Waals surface area contributed by atoms with Gasteiger partial charge in [-0.05, 0) is 36.4 Å². The smallest absolute Gasteiger partial charge is 0.407 e. The highest BCUT2D eigenvalue weighted by Gasteiger charge is 2.26. The number of hydrogen-bond donors (Lipinski definition) is 2. The molecular formula is C28H27ClFN7O5. The second kappa shape index (κ2) is 12.3. The normalized spacial score (nSPS) is 13.1. The molecule has 0 atom stereocenters. The van der Waals surface area contributed by atoms with Gasteiger partial charge in [-0.2, -0.15) is 0 Å². The van der Waals surface area contributed by atoms with Crippen LogP contribution in [0.1, 0.15) is 10.4 Å². The van der Waals surface area contributed by atoms with Crippen molar-refractivity contribution >= 4 is 46.7 Å². The van der Waals surface area contributed by atoms with E-state index < -0.39 is 11.9 Å². The summed E-state index contributed by atoms with van der Waals surface area (Å²) < 4.78 is 25.9. The number of fused-ring (bicyclic) bond motifs is 1. The van der Waals surface area contributed by atoms with Crippen LogP contribution < -0.4 is 15.4 Å². The van der Waals surface area contributed by atoms with Crippen molar-refractivity contribution in [2.24, 2.45) is 0 Å². The maximum atomic E-state index is 14.3. The minimum absolute atomic E-state index is 0.150. The molecule has 0 unspecified atom stereocenters. The molecular weight excluding hydrogens is 569 g/mol. The molecule has 0 radical (unpaired) electrons. The Bertz CT molecular complexity index is 1660. The molecule has 0 bridgehead atoms. The number of ether oxygens (including phenoxy) is 2. The van der Waals surface area contributed by atoms with Crippen LogP contribution in [0.4, 0.5) is 20.7 Å². The minimum Gasteiger partial charge on any atom is -0.494 e. The maximum absolute atomic E-state index is 14.3. The average Bonchev–Trinajstić information content (AvgIpc) is 3.45. The van der Waals surface area contributed by atoms with E-state index >= 15 is 0 Å². The van der Waals surface area contributed by atoms with Gasteiger partial charge in [0.25, 0.3) is 11.8 Å². The van der Waals surface area contributed by atoms with Crippen molar-refractivity contribution in [1.29, 1.82) is 0 Å². The Kier molecular flexibility index (Phi) is 8.38. The summed E-state index contributed by atoms with van der Waals surface area (Å²) >= 11 is 6.52. The molecule has 1 fully saturated rings. The first-order valence-corrected chi connectivity index (χ1v) is 13.3. The fourth-order valence-electron chi connectivity index (χ4n) is 4.57. The minimum atomic E-state index is -0.683. The van der Waals surface area contributed by atoms with Gasteiger partial charge < -0.3 is 29.9 Å². The summed E-state index contributed by atoms with van der Waals surface area (Å²) in [5, 5.41) is 5.71. The Morgan fingerprint density at radius 2 is 1.81 bits per heavy atom. The van der Waals surface area contributed by atoms with Gasteiger partial charge in [-0.3, -0.25) is 14.0 Å². The van der Waals surface area contributed by atoms with Crippen molar-refractivity contribution in [2.75, 3.05) is 52.3 Å². The van der Waals surface area contributed by atoms with E-state index in [0.717, 1.165) is 0 Å². The summed E-state index contributed by atoms with van der Waals surface area (Å²) in [7, 11) is 2.82. The second-order valence-corrected chi connectivity index (χ2v) is 9.69. The summed E-state index contributed by atoms with van der Waals surface area (Å²) in [6.45, 7) is 0.880. The van der Waals surface area contributed by atoms with Crippen LogP contribution in [0.2, 0.25) is 5.02 Å². The molecule has 1 saturated heterocycles. The van der Waals surface area contributed by atoms with Crippen molar-refractivity contribution in [3.8, 4) is 17.0 Å². The van der Waals surface area contributed by atoms with Crippen LogP contribution in [0.3, 0.4) is 0 Å². The molecule has 218 valence electrons. The molecule has 4 aromatic rings. The van der Waals surface area contributed by atoms with Gasteiger partial charge in [0, 0.05) is 56.9 Å². The van der Waals surface area contributed by atoms with Gasteiger partial charge in [-0.15, -0.1) is 0 Å². The summed E-state index contributed by atoms with van der Waals surface area (Å²) in [5.74, 6) is -0.482. The van der Waals surface area contributed by atoms with Gasteiger partial charge in [0.05, 0.1) is 29.6 Å². The Hall–Kier alpha value is -4.91. The number of nitrogens with zero attached hydrogens (tertiary/aromatic N) is 5. The lowest BCUT2D eigenvalue weighted by atomic mass is 10.1. The fourth-order valence-corrected chi connectivity index (χ4v) is 4.83. The third-order valence-corrected chi connectivity index (χ3v) is 7.10. The summed E-state index contributed by atoms with van der Waals surface area (Å²) in [4.78, 5) is 48.7. The number of carbonyl (C=O) groups excluding carboxylic acids is 3. The maximum Gasteiger partial charge on any atom is 0.407 e. The van der Waals surface area contributed by atoms with Crippen LogP contribution in [0.25, 0.3) is 16.9 Å². The summed E-state index contributed by atoms with van der Waals surface area (Å²) in [5.41, 5.74) is 2.70. The lowest BCUT2D eigenvalue weighted by Crippen LogP contribution is -2.51. The number of methoxy groups -OCH3 is 1. The molecule has 2 N–H and O–H groups in total. The van der Waals surface area contributed by atoms with Gasteiger partial charge in [0.2, 0.25) is 0 Å². The molecule has 3 heterocycles. The van der Waals surface area contributed by atoms with Gasteiger partial charge in [-0.1, -0.05) is 11.6 Å². The Labute approximate surface area is 245 Å². The van der Waals surface area contributed by atoms with E-state index in [0.29, 0.717) is 60.2 Å². The molecule has 0 saturated carbocycles. The van der Waals surface area contributed by atoms with Gasteiger partial charge in [0.15, 0.2) is 29.6 Å². The Morgan fingerprint density at radius 1 is 1.05 bits per heavy atom. The number of hydrogen-bond acceptors (Lipinski definition) is 8. The number of rotatable bonds is 7. The number of carbonyl (C=O) groups is 3. The van der Waals surface area contributed by atoms with E-state index in [4.69, 9.17) is 21.1 Å². The largest absolute Gasteiger partial charge is 0.494 e. The van der Waals surface area contributed by atoms with Crippen LogP contribution in [-0.2, 0) is 9.53 Å². The van der Waals surface area contributed by atoms with Crippen molar-refractivity contribution in [1.82, 2.24) is 29.5 Å². The van der Waals surface area contributed by atoms with E-state index in [-0.39, 0.29) is 29.2 Å². The number of aromatic nitrogens is 3. The number of nitrogens with one attached hydrogen (secondary N) is 2. The molecule has 12 nitrogen and oxygen atoms in total. The van der Waals surface area contributed by atoms with E-state index in [9.17, 15) is 18.8 Å². The van der Waals surface area contributed by atoms with Crippen molar-refractivity contribution < 1.29 is 28.2 Å². The molecule has 42 heavy (non-hydrogen) atoms. The zero-order valence-corrected chi connectivity index (χ0v) is 23.5. The van der Waals surface area contributed by atoms with E-state index in [2.05, 4.69) is 20.6 Å². The number of piperazine rings is 1. The van der Waals surface area contributed by atoms with Crippen LogP contribution in [-0.4, -0.2) is 89.0 Å². The monoisotopic (exact) mass is 595 g/mol. The molecule has 0 aliphatic carbocycles. The first kappa shape index (κ1) is 28.6. The third kappa shape index (κ3) is 5.91. The third-order valence-electron chi connectivity index (χ3n) is 6.79. The second-order valence-electron chi connectivity index (χ2n) is 9.28. The highest BCUT2D eigenvalue weighted by Crippen LogP contribution is 2.30. The van der Waals surface area contributed by atoms with Crippen molar-refractivity contribution in [3.05, 3.63) is 71.4 Å². The van der Waals surface area contributed by atoms with Gasteiger partial charge in [-0.25, -0.2) is 19.2 Å². The predicted octanol–water partition coefficient (Wildman–Crippen LogP) is 3.58. The Balaban J connectivity index is 1.26. The molecule has 1 aliphatic rings. The zero-order chi connectivity index (χ0) is 29.8. The van der Waals surface area contributed by atoms with Crippen molar-refractivity contribution in [2.45, 2.75) is 0 Å². The molecule has 1 aliphatic heterocycles. The van der Waals surface area contributed by atoms with Crippen LogP contribution in [0, 0.1) is 5.82 Å². The topological polar surface area (TPSA) is 130 Å². The molecule has 2 aromatic carbocycles. The highest BCUT2D eigenvalue weighted by molar-refractivity contribution is 6.34.